The van der Waals surface area contributed by atoms with Crippen LogP contribution in [0.3, 0.4) is 0 Å². The van der Waals surface area contributed by atoms with Crippen molar-refractivity contribution < 1.29 is 13.2 Å². The van der Waals surface area contributed by atoms with E-state index >= 15 is 0 Å². The van der Waals surface area contributed by atoms with Gasteiger partial charge < -0.3 is 4.74 Å². The van der Waals surface area contributed by atoms with Gasteiger partial charge in [0.1, 0.15) is 0 Å². The summed E-state index contributed by atoms with van der Waals surface area (Å²) >= 11 is 0. The first-order valence-electron chi connectivity index (χ1n) is 5.47. The molecule has 1 atom stereocenters. The predicted molar refractivity (Wildman–Crippen MR) is 68.4 cm³/mol. The van der Waals surface area contributed by atoms with Gasteiger partial charge in [-0.1, -0.05) is 12.1 Å². The van der Waals surface area contributed by atoms with E-state index in [0.717, 1.165) is 5.56 Å². The molecule has 0 amide bonds. The summed E-state index contributed by atoms with van der Waals surface area (Å²) in [6.45, 7) is 1.92. The molecule has 6 heteroatoms. The smallest absolute Gasteiger partial charge is 0.214 e. The highest BCUT2D eigenvalue weighted by Crippen LogP contribution is 2.14. The molecule has 1 aromatic rings. The second-order valence-electron chi connectivity index (χ2n) is 3.89. The molecule has 0 saturated carbocycles. The zero-order chi connectivity index (χ0) is 13.6. The number of nitrogens with one attached hydrogen (secondary N) is 1. The van der Waals surface area contributed by atoms with Crippen molar-refractivity contribution in [2.24, 2.45) is 0 Å². The monoisotopic (exact) mass is 268 g/mol. The number of hydrogen-bond acceptors (Lipinski definition) is 4. The number of ether oxygens (including phenoxy) is 1. The minimum atomic E-state index is -3.35. The molecule has 0 aliphatic carbocycles. The molecular weight excluding hydrogens is 252 g/mol. The maximum absolute atomic E-state index is 11.7. The van der Waals surface area contributed by atoms with Crippen LogP contribution in [0.2, 0.25) is 0 Å². The van der Waals surface area contributed by atoms with Crippen molar-refractivity contribution in [3.05, 3.63) is 35.4 Å². The van der Waals surface area contributed by atoms with Crippen LogP contribution in [0.15, 0.2) is 24.3 Å². The first-order chi connectivity index (χ1) is 8.48. The molecule has 1 aromatic carbocycles. The molecule has 0 bridgehead atoms. The van der Waals surface area contributed by atoms with Crippen LogP contribution >= 0.6 is 0 Å². The van der Waals surface area contributed by atoms with Gasteiger partial charge in [0.15, 0.2) is 0 Å². The Morgan fingerprint density at radius 3 is 2.50 bits per heavy atom. The number of nitriles is 1. The third-order valence-corrected chi connectivity index (χ3v) is 3.87. The van der Waals surface area contributed by atoms with Gasteiger partial charge in [0.2, 0.25) is 10.0 Å². The van der Waals surface area contributed by atoms with Crippen molar-refractivity contribution in [3.8, 4) is 6.07 Å². The molecule has 0 spiro atoms. The largest absolute Gasteiger partial charge is 0.384 e. The highest BCUT2D eigenvalue weighted by molar-refractivity contribution is 7.89. The van der Waals surface area contributed by atoms with Crippen LogP contribution in [0.25, 0.3) is 0 Å². The number of rotatable bonds is 6. The van der Waals surface area contributed by atoms with Crippen molar-refractivity contribution in [1.29, 1.82) is 5.26 Å². The van der Waals surface area contributed by atoms with Crippen LogP contribution in [-0.4, -0.2) is 27.9 Å². The third kappa shape index (κ3) is 4.45. The van der Waals surface area contributed by atoms with Crippen molar-refractivity contribution >= 4 is 10.0 Å². The van der Waals surface area contributed by atoms with E-state index in [9.17, 15) is 8.42 Å². The van der Waals surface area contributed by atoms with Gasteiger partial charge in [0.05, 0.1) is 24.0 Å². The van der Waals surface area contributed by atoms with Gasteiger partial charge in [0.25, 0.3) is 0 Å². The summed E-state index contributed by atoms with van der Waals surface area (Å²) in [4.78, 5) is 0. The quantitative estimate of drug-likeness (QED) is 0.840. The minimum Gasteiger partial charge on any atom is -0.384 e. The number of nitrogens with zero attached hydrogens (tertiary/aromatic N) is 1. The average molecular weight is 268 g/mol. The lowest BCUT2D eigenvalue weighted by Gasteiger charge is -2.14. The van der Waals surface area contributed by atoms with E-state index in [-0.39, 0.29) is 18.4 Å². The minimum absolute atomic E-state index is 0.0654. The number of methoxy groups -OCH3 is 1. The lowest BCUT2D eigenvalue weighted by Crippen LogP contribution is -2.30. The fourth-order valence-corrected chi connectivity index (χ4v) is 2.61. The Kier molecular flexibility index (Phi) is 5.28. The number of benzene rings is 1. The standard InChI is InChI=1S/C12H16N2O3S/c1-10(14-18(15,16)8-7-17-2)12-5-3-11(9-13)4-6-12/h3-6,10,14H,7-8H2,1-2H3. The van der Waals surface area contributed by atoms with E-state index in [2.05, 4.69) is 4.72 Å². The van der Waals surface area contributed by atoms with Gasteiger partial charge in [-0.25, -0.2) is 13.1 Å². The molecular formula is C12H16N2O3S. The topological polar surface area (TPSA) is 79.2 Å². The first kappa shape index (κ1) is 14.6. The van der Waals surface area contributed by atoms with Crippen molar-refractivity contribution in [1.82, 2.24) is 4.72 Å². The van der Waals surface area contributed by atoms with Gasteiger partial charge in [-0.15, -0.1) is 0 Å². The van der Waals surface area contributed by atoms with E-state index in [1.807, 2.05) is 6.07 Å². The van der Waals surface area contributed by atoms with Crippen LogP contribution in [0.4, 0.5) is 0 Å². The molecule has 0 aliphatic heterocycles. The predicted octanol–water partition coefficient (Wildman–Crippen LogP) is 1.19. The zero-order valence-corrected chi connectivity index (χ0v) is 11.2. The molecule has 0 saturated heterocycles. The molecule has 0 fully saturated rings. The van der Waals surface area contributed by atoms with Crippen molar-refractivity contribution in [2.75, 3.05) is 19.5 Å². The van der Waals surface area contributed by atoms with Crippen molar-refractivity contribution in [3.63, 3.8) is 0 Å². The van der Waals surface area contributed by atoms with Crippen molar-refractivity contribution in [2.45, 2.75) is 13.0 Å². The summed E-state index contributed by atoms with van der Waals surface area (Å²) in [5.41, 5.74) is 1.36. The summed E-state index contributed by atoms with van der Waals surface area (Å²) in [6.07, 6.45) is 0. The second-order valence-corrected chi connectivity index (χ2v) is 5.76. The Morgan fingerprint density at radius 2 is 2.00 bits per heavy atom. The van der Waals surface area contributed by atoms with Crippen LogP contribution < -0.4 is 4.72 Å². The van der Waals surface area contributed by atoms with Crippen LogP contribution in [0, 0.1) is 11.3 Å². The van der Waals surface area contributed by atoms with Crippen LogP contribution in [0.1, 0.15) is 24.1 Å². The summed E-state index contributed by atoms with van der Waals surface area (Å²) < 4.78 is 30.6. The second kappa shape index (κ2) is 6.50. The van der Waals surface area contributed by atoms with Crippen LogP contribution in [-0.2, 0) is 14.8 Å². The van der Waals surface area contributed by atoms with E-state index < -0.39 is 10.0 Å². The highest BCUT2D eigenvalue weighted by Gasteiger charge is 2.15. The maximum Gasteiger partial charge on any atom is 0.214 e. The van der Waals surface area contributed by atoms with E-state index in [1.165, 1.54) is 7.11 Å². The molecule has 98 valence electrons. The third-order valence-electron chi connectivity index (χ3n) is 2.45. The first-order valence-corrected chi connectivity index (χ1v) is 7.12. The lowest BCUT2D eigenvalue weighted by atomic mass is 10.1. The molecule has 0 aliphatic rings. The Balaban J connectivity index is 2.70. The van der Waals surface area contributed by atoms with Crippen LogP contribution in [0.5, 0.6) is 0 Å². The van der Waals surface area contributed by atoms with Gasteiger partial charge in [0, 0.05) is 13.2 Å². The molecule has 0 aromatic heterocycles. The van der Waals surface area contributed by atoms with E-state index in [4.69, 9.17) is 10.00 Å². The van der Waals surface area contributed by atoms with E-state index in [1.54, 1.807) is 31.2 Å². The Labute approximate surface area is 107 Å². The molecule has 0 radical (unpaired) electrons. The fraction of sp³-hybridized carbons (Fsp3) is 0.417. The lowest BCUT2D eigenvalue weighted by molar-refractivity contribution is 0.216. The molecule has 1 unspecified atom stereocenters. The van der Waals surface area contributed by atoms with Gasteiger partial charge in [-0.2, -0.15) is 5.26 Å². The van der Waals surface area contributed by atoms with Gasteiger partial charge >= 0.3 is 0 Å². The normalized spacial score (nSPS) is 12.9. The Morgan fingerprint density at radius 1 is 1.39 bits per heavy atom. The Hall–Kier alpha value is -1.42. The SMILES string of the molecule is COCCS(=O)(=O)NC(C)c1ccc(C#N)cc1. The fourth-order valence-electron chi connectivity index (χ4n) is 1.44. The number of hydrogen-bond donors (Lipinski definition) is 1. The zero-order valence-electron chi connectivity index (χ0n) is 10.4. The maximum atomic E-state index is 11.7. The average Bonchev–Trinajstić information content (AvgIpc) is 2.36. The summed E-state index contributed by atoms with van der Waals surface area (Å²) in [5, 5.41) is 8.68. The van der Waals surface area contributed by atoms with Gasteiger partial charge in [-0.05, 0) is 24.6 Å². The molecule has 1 N–H and O–H groups in total. The molecule has 0 heterocycles. The molecule has 18 heavy (non-hydrogen) atoms. The summed E-state index contributed by atoms with van der Waals surface area (Å²) in [5.74, 6) is -0.0654. The van der Waals surface area contributed by atoms with E-state index in [0.29, 0.717) is 5.56 Å². The highest BCUT2D eigenvalue weighted by atomic mass is 32.2. The molecule has 5 nitrogen and oxygen atoms in total. The number of sulfonamides is 1. The molecule has 1 rings (SSSR count). The van der Waals surface area contributed by atoms with Gasteiger partial charge in [-0.3, -0.25) is 0 Å². The summed E-state index contributed by atoms with van der Waals surface area (Å²) in [7, 11) is -1.89. The Bertz CT molecular complexity index is 517. The summed E-state index contributed by atoms with van der Waals surface area (Å²) in [6, 6.07) is 8.48.